The van der Waals surface area contributed by atoms with Gasteiger partial charge in [0.05, 0.1) is 6.61 Å². The highest BCUT2D eigenvalue weighted by atomic mass is 16.3. The van der Waals surface area contributed by atoms with Crippen LogP contribution in [-0.4, -0.2) is 17.6 Å². The van der Waals surface area contributed by atoms with E-state index in [9.17, 15) is 9.90 Å². The molecule has 1 unspecified atom stereocenters. The molecule has 2 rings (SSSR count). The van der Waals surface area contributed by atoms with Gasteiger partial charge in [-0.3, -0.25) is 4.79 Å². The summed E-state index contributed by atoms with van der Waals surface area (Å²) in [6.45, 7) is 6.02. The molecule has 1 fully saturated rings. The Morgan fingerprint density at radius 3 is 2.24 bits per heavy atom. The zero-order chi connectivity index (χ0) is 12.7. The van der Waals surface area contributed by atoms with Crippen LogP contribution in [0, 0.1) is 5.41 Å². The minimum Gasteiger partial charge on any atom is -0.395 e. The van der Waals surface area contributed by atoms with Crippen LogP contribution in [0.4, 0.5) is 5.69 Å². The molecule has 3 nitrogen and oxygen atoms in total. The van der Waals surface area contributed by atoms with Gasteiger partial charge in [-0.15, -0.1) is 0 Å². The first kappa shape index (κ1) is 12.1. The summed E-state index contributed by atoms with van der Waals surface area (Å²) in [5, 5.41) is 12.3. The van der Waals surface area contributed by atoms with Crippen LogP contribution < -0.4 is 5.32 Å². The van der Waals surface area contributed by atoms with Gasteiger partial charge in [0.1, 0.15) is 0 Å². The number of anilines is 1. The Labute approximate surface area is 102 Å². The van der Waals surface area contributed by atoms with E-state index >= 15 is 0 Å². The molecule has 92 valence electrons. The van der Waals surface area contributed by atoms with Crippen LogP contribution in [0.15, 0.2) is 24.3 Å². The molecule has 1 aromatic carbocycles. The predicted molar refractivity (Wildman–Crippen MR) is 67.9 cm³/mol. The van der Waals surface area contributed by atoms with Gasteiger partial charge in [-0.05, 0) is 29.5 Å². The number of amides is 1. The lowest BCUT2D eigenvalue weighted by atomic mass is 9.88. The second-order valence-corrected chi connectivity index (χ2v) is 5.56. The maximum absolute atomic E-state index is 10.9. The van der Waals surface area contributed by atoms with Crippen LogP contribution in [0.3, 0.4) is 0 Å². The van der Waals surface area contributed by atoms with Crippen molar-refractivity contribution >= 4 is 11.6 Å². The smallest absolute Gasteiger partial charge is 0.221 e. The highest BCUT2D eigenvalue weighted by Crippen LogP contribution is 2.63. The first-order chi connectivity index (χ1) is 7.91. The van der Waals surface area contributed by atoms with E-state index in [1.54, 1.807) is 0 Å². The number of rotatable bonds is 3. The number of aliphatic hydroxyl groups excluding tert-OH is 1. The van der Waals surface area contributed by atoms with E-state index in [-0.39, 0.29) is 23.3 Å². The number of carbonyl (C=O) groups is 1. The Balaban J connectivity index is 2.22. The monoisotopic (exact) mass is 233 g/mol. The second kappa shape index (κ2) is 3.84. The summed E-state index contributed by atoms with van der Waals surface area (Å²) >= 11 is 0. The number of hydrogen-bond acceptors (Lipinski definition) is 2. The van der Waals surface area contributed by atoms with E-state index in [1.165, 1.54) is 6.92 Å². The van der Waals surface area contributed by atoms with Gasteiger partial charge in [0.2, 0.25) is 5.91 Å². The van der Waals surface area contributed by atoms with E-state index in [0.717, 1.165) is 17.7 Å². The Morgan fingerprint density at radius 2 is 1.88 bits per heavy atom. The number of hydrogen-bond donors (Lipinski definition) is 2. The van der Waals surface area contributed by atoms with E-state index in [4.69, 9.17) is 0 Å². The molecule has 1 saturated carbocycles. The van der Waals surface area contributed by atoms with Crippen molar-refractivity contribution in [2.24, 2.45) is 5.41 Å². The summed E-state index contributed by atoms with van der Waals surface area (Å²) in [7, 11) is 0. The van der Waals surface area contributed by atoms with Crippen molar-refractivity contribution in [3.63, 3.8) is 0 Å². The molecule has 1 aliphatic rings. The average molecular weight is 233 g/mol. The van der Waals surface area contributed by atoms with Gasteiger partial charge >= 0.3 is 0 Å². The Bertz CT molecular complexity index is 436. The van der Waals surface area contributed by atoms with Crippen LogP contribution in [0.25, 0.3) is 0 Å². The molecule has 17 heavy (non-hydrogen) atoms. The fourth-order valence-electron chi connectivity index (χ4n) is 2.64. The molecule has 1 atom stereocenters. The van der Waals surface area contributed by atoms with E-state index in [0.29, 0.717) is 0 Å². The Morgan fingerprint density at radius 1 is 1.35 bits per heavy atom. The zero-order valence-electron chi connectivity index (χ0n) is 10.6. The zero-order valence-corrected chi connectivity index (χ0v) is 10.6. The molecule has 0 radical (unpaired) electrons. The molecular weight excluding hydrogens is 214 g/mol. The topological polar surface area (TPSA) is 49.3 Å². The molecule has 0 saturated heterocycles. The van der Waals surface area contributed by atoms with Crippen molar-refractivity contribution in [2.45, 2.75) is 32.6 Å². The summed E-state index contributed by atoms with van der Waals surface area (Å²) < 4.78 is 0. The van der Waals surface area contributed by atoms with Crippen molar-refractivity contribution < 1.29 is 9.90 Å². The molecule has 0 spiro atoms. The minimum atomic E-state index is -0.0955. The number of benzene rings is 1. The summed E-state index contributed by atoms with van der Waals surface area (Å²) in [6.07, 6.45) is 1.01. The third-order valence-electron chi connectivity index (χ3n) is 3.94. The highest BCUT2D eigenvalue weighted by Gasteiger charge is 2.61. The Hall–Kier alpha value is -1.35. The molecule has 1 aromatic rings. The minimum absolute atomic E-state index is 0.0682. The summed E-state index contributed by atoms with van der Waals surface area (Å²) in [5.41, 5.74) is 2.02. The summed E-state index contributed by atoms with van der Waals surface area (Å²) in [5.74, 6) is -0.0682. The molecule has 3 heteroatoms. The molecular formula is C14H19NO2. The fourth-order valence-corrected chi connectivity index (χ4v) is 2.64. The van der Waals surface area contributed by atoms with Crippen molar-refractivity contribution in [1.29, 1.82) is 0 Å². The molecule has 1 aliphatic carbocycles. The van der Waals surface area contributed by atoms with Gasteiger partial charge in [-0.25, -0.2) is 0 Å². The van der Waals surface area contributed by atoms with Crippen LogP contribution in [0.1, 0.15) is 32.8 Å². The molecule has 2 N–H and O–H groups in total. The lowest BCUT2D eigenvalue weighted by Crippen LogP contribution is -2.19. The first-order valence-electron chi connectivity index (χ1n) is 5.90. The van der Waals surface area contributed by atoms with E-state index in [2.05, 4.69) is 19.2 Å². The molecule has 0 heterocycles. The SMILES string of the molecule is CC(=O)Nc1ccc(C2(CO)CC2(C)C)cc1. The largest absolute Gasteiger partial charge is 0.395 e. The molecule has 0 bridgehead atoms. The Kier molecular flexibility index (Phi) is 2.74. The van der Waals surface area contributed by atoms with Gasteiger partial charge < -0.3 is 10.4 Å². The predicted octanol–water partition coefficient (Wildman–Crippen LogP) is 2.30. The number of nitrogens with one attached hydrogen (secondary N) is 1. The van der Waals surface area contributed by atoms with Crippen molar-refractivity contribution in [3.05, 3.63) is 29.8 Å². The van der Waals surface area contributed by atoms with Crippen LogP contribution in [0.2, 0.25) is 0 Å². The molecule has 0 aromatic heterocycles. The highest BCUT2D eigenvalue weighted by molar-refractivity contribution is 5.88. The first-order valence-corrected chi connectivity index (χ1v) is 5.90. The lowest BCUT2D eigenvalue weighted by Gasteiger charge is -2.18. The van der Waals surface area contributed by atoms with E-state index in [1.807, 2.05) is 24.3 Å². The average Bonchev–Trinajstić information content (AvgIpc) is 2.82. The lowest BCUT2D eigenvalue weighted by molar-refractivity contribution is -0.114. The van der Waals surface area contributed by atoms with Crippen molar-refractivity contribution in [2.75, 3.05) is 11.9 Å². The third kappa shape index (κ3) is 1.95. The molecule has 1 amide bonds. The second-order valence-electron chi connectivity index (χ2n) is 5.56. The van der Waals surface area contributed by atoms with Gasteiger partial charge in [0, 0.05) is 18.0 Å². The summed E-state index contributed by atoms with van der Waals surface area (Å²) in [6, 6.07) is 7.78. The normalized spacial score (nSPS) is 25.4. The van der Waals surface area contributed by atoms with Gasteiger partial charge in [0.25, 0.3) is 0 Å². The summed E-state index contributed by atoms with van der Waals surface area (Å²) in [4.78, 5) is 10.9. The van der Waals surface area contributed by atoms with Gasteiger partial charge in [0.15, 0.2) is 0 Å². The maximum Gasteiger partial charge on any atom is 0.221 e. The quantitative estimate of drug-likeness (QED) is 0.841. The maximum atomic E-state index is 10.9. The number of aliphatic hydroxyl groups is 1. The van der Waals surface area contributed by atoms with Gasteiger partial charge in [-0.2, -0.15) is 0 Å². The van der Waals surface area contributed by atoms with Crippen LogP contribution in [0.5, 0.6) is 0 Å². The van der Waals surface area contributed by atoms with Crippen molar-refractivity contribution in [3.8, 4) is 0 Å². The standard InChI is InChI=1S/C14H19NO2/c1-10(17)15-12-6-4-11(5-7-12)14(9-16)8-13(14,2)3/h4-7,16H,8-9H2,1-3H3,(H,15,17). The van der Waals surface area contributed by atoms with Crippen molar-refractivity contribution in [1.82, 2.24) is 0 Å². The van der Waals surface area contributed by atoms with E-state index < -0.39 is 0 Å². The van der Waals surface area contributed by atoms with Crippen LogP contribution >= 0.6 is 0 Å². The third-order valence-corrected chi connectivity index (χ3v) is 3.94. The molecule has 0 aliphatic heterocycles. The number of carbonyl (C=O) groups excluding carboxylic acids is 1. The van der Waals surface area contributed by atoms with Gasteiger partial charge in [-0.1, -0.05) is 26.0 Å². The van der Waals surface area contributed by atoms with Crippen LogP contribution in [-0.2, 0) is 10.2 Å². The fraction of sp³-hybridized carbons (Fsp3) is 0.500.